The van der Waals surface area contributed by atoms with Crippen LogP contribution in [0.2, 0.25) is 0 Å². The van der Waals surface area contributed by atoms with Crippen LogP contribution in [0.1, 0.15) is 51.4 Å². The average Bonchev–Trinajstić information content (AvgIpc) is 2.29. The molecule has 9 heteroatoms. The summed E-state index contributed by atoms with van der Waals surface area (Å²) in [5, 5.41) is 0. The predicted octanol–water partition coefficient (Wildman–Crippen LogP) is 5.40. The Balaban J connectivity index is 3.69. The third-order valence-corrected chi connectivity index (χ3v) is 3.81. The van der Waals surface area contributed by atoms with Gasteiger partial charge >= 0.3 is 123 Å². The van der Waals surface area contributed by atoms with E-state index in [0.29, 0.717) is 25.7 Å². The molecule has 0 aliphatic heterocycles. The standard InChI is InChI=1S/C12H17F8.Na/c13-9(12(19,20)10(14)15)7-5-3-1-2-4-6-8-11(16,17)18;/h9H,1-8H2;. The second-order valence-corrected chi connectivity index (χ2v) is 6.51. The molecule has 0 N–H and O–H groups in total. The van der Waals surface area contributed by atoms with E-state index in [1.54, 1.807) is 0 Å². The van der Waals surface area contributed by atoms with Crippen molar-refractivity contribution in [3.8, 4) is 0 Å². The Bertz CT molecular complexity index is 284. The molecule has 0 saturated heterocycles. The Morgan fingerprint density at radius 2 is 1.14 bits per heavy atom. The Hall–Kier alpha value is 0.440. The molecule has 21 heavy (non-hydrogen) atoms. The molecule has 0 saturated carbocycles. The fraction of sp³-hybridized carbons (Fsp3) is 1.00. The first-order valence-electron chi connectivity index (χ1n) is 6.84. The molecule has 0 aromatic rings. The van der Waals surface area contributed by atoms with E-state index in [1.807, 2.05) is 0 Å². The van der Waals surface area contributed by atoms with Crippen LogP contribution in [0.3, 0.4) is 0 Å². The van der Waals surface area contributed by atoms with E-state index in [2.05, 4.69) is 0 Å². The van der Waals surface area contributed by atoms with Crippen LogP contribution in [-0.2, 0) is 0 Å². The molecule has 0 bridgehead atoms. The van der Waals surface area contributed by atoms with Crippen molar-refractivity contribution in [3.05, 3.63) is 0 Å². The molecule has 1 unspecified atom stereocenters. The first kappa shape index (κ1) is 21.4. The summed E-state index contributed by atoms with van der Waals surface area (Å²) in [6.45, 7) is 0. The van der Waals surface area contributed by atoms with Gasteiger partial charge < -0.3 is 0 Å². The molecule has 0 aliphatic carbocycles. The summed E-state index contributed by atoms with van der Waals surface area (Å²) in [6, 6.07) is 0. The minimum atomic E-state index is -4.63. The van der Waals surface area contributed by atoms with Crippen LogP contribution in [0.5, 0.6) is 0 Å². The molecule has 0 rings (SSSR count). The van der Waals surface area contributed by atoms with Gasteiger partial charge in [-0.1, -0.05) is 0 Å². The van der Waals surface area contributed by atoms with Crippen LogP contribution in [0.4, 0.5) is 35.1 Å². The fourth-order valence-corrected chi connectivity index (χ4v) is 2.13. The molecule has 0 nitrogen and oxygen atoms in total. The van der Waals surface area contributed by atoms with E-state index >= 15 is 0 Å². The molecule has 0 heterocycles. The van der Waals surface area contributed by atoms with Gasteiger partial charge in [-0.2, -0.15) is 13.2 Å². The van der Waals surface area contributed by atoms with Crippen molar-refractivity contribution in [2.24, 2.45) is 0 Å². The zero-order chi connectivity index (χ0) is 16.7. The Kier molecular flexibility index (Phi) is 9.10. The summed E-state index contributed by atoms with van der Waals surface area (Å²) in [5.41, 5.74) is 0. The molecule has 0 amide bonds. The number of rotatable bonds is 10. The van der Waals surface area contributed by atoms with Crippen molar-refractivity contribution in [2.45, 2.75) is 72.8 Å². The zero-order valence-corrected chi connectivity index (χ0v) is 13.8. The van der Waals surface area contributed by atoms with Crippen LogP contribution < -0.4 is 0 Å². The molecule has 0 aromatic heterocycles. The third kappa shape index (κ3) is 9.23. The molecule has 0 aromatic carbocycles. The Morgan fingerprint density at radius 1 is 0.714 bits per heavy atom. The van der Waals surface area contributed by atoms with Gasteiger partial charge in [0.15, 0.2) is 0 Å². The van der Waals surface area contributed by atoms with Crippen LogP contribution in [0.15, 0.2) is 0 Å². The molecule has 0 aliphatic rings. The fourth-order valence-electron chi connectivity index (χ4n) is 1.81. The number of halogens is 8. The number of alkyl halides is 8. The summed E-state index contributed by atoms with van der Waals surface area (Å²) in [7, 11) is 0. The minimum absolute atomic E-state index is 0.00000743. The molecule has 0 spiro atoms. The maximum absolute atomic E-state index is 13.1. The Morgan fingerprint density at radius 3 is 1.57 bits per heavy atom. The number of hydrogen-bond acceptors (Lipinski definition) is 0. The van der Waals surface area contributed by atoms with Gasteiger partial charge in [0.25, 0.3) is 0 Å². The molecular formula is C12H17F8Na. The van der Waals surface area contributed by atoms with Gasteiger partial charge in [0.05, 0.1) is 0 Å². The van der Waals surface area contributed by atoms with Gasteiger partial charge in [0.1, 0.15) is 0 Å². The van der Waals surface area contributed by atoms with Crippen LogP contribution in [-0.4, -0.2) is 49.4 Å². The average molecular weight is 336 g/mol. The van der Waals surface area contributed by atoms with Crippen molar-refractivity contribution < 1.29 is 35.1 Å². The van der Waals surface area contributed by atoms with E-state index in [0.717, 1.165) is 0 Å². The monoisotopic (exact) mass is 336 g/mol. The Labute approximate surface area is 136 Å². The second-order valence-electron chi connectivity index (χ2n) is 5.25. The summed E-state index contributed by atoms with van der Waals surface area (Å²) >= 11 is -1.12. The molecule has 0 fully saturated rings. The van der Waals surface area contributed by atoms with E-state index in [1.165, 1.54) is 0 Å². The molecule has 1 atom stereocenters. The summed E-state index contributed by atoms with van der Waals surface area (Å²) in [6.07, 6.45) is -6.89. The predicted molar refractivity (Wildman–Crippen MR) is 63.5 cm³/mol. The summed E-state index contributed by atoms with van der Waals surface area (Å²) in [5.74, 6) is -4.63. The molecular weight excluding hydrogens is 319 g/mol. The SMILES string of the molecule is FC(CCCCCCCCC(F)(F)F)C(F)(F)[C](F)(F)[Na]. The first-order valence-corrected chi connectivity index (χ1v) is 7.84. The molecule has 0 radical (unpaired) electrons. The van der Waals surface area contributed by atoms with Crippen LogP contribution >= 0.6 is 0 Å². The van der Waals surface area contributed by atoms with Crippen LogP contribution in [0, 0.1) is 0 Å². The van der Waals surface area contributed by atoms with Crippen molar-refractivity contribution in [1.82, 2.24) is 0 Å². The van der Waals surface area contributed by atoms with Gasteiger partial charge in [-0.25, -0.2) is 0 Å². The van der Waals surface area contributed by atoms with Crippen molar-refractivity contribution >= 4 is 27.9 Å². The van der Waals surface area contributed by atoms with Gasteiger partial charge in [0, 0.05) is 0 Å². The maximum atomic E-state index is 13.1. The van der Waals surface area contributed by atoms with Gasteiger partial charge in [-0.05, 0) is 0 Å². The van der Waals surface area contributed by atoms with Gasteiger partial charge in [-0.15, -0.1) is 0 Å². The second kappa shape index (κ2) is 8.91. The van der Waals surface area contributed by atoms with Gasteiger partial charge in [-0.3, -0.25) is 0 Å². The van der Waals surface area contributed by atoms with E-state index in [9.17, 15) is 35.1 Å². The zero-order valence-electron chi connectivity index (χ0n) is 11.8. The van der Waals surface area contributed by atoms with Crippen molar-refractivity contribution in [1.29, 1.82) is 0 Å². The number of unbranched alkanes of at least 4 members (excludes halogenated alkanes) is 5. The van der Waals surface area contributed by atoms with Crippen LogP contribution in [0.25, 0.3) is 0 Å². The third-order valence-electron chi connectivity index (χ3n) is 3.15. The van der Waals surface area contributed by atoms with Gasteiger partial charge in [0.2, 0.25) is 0 Å². The quantitative estimate of drug-likeness (QED) is 0.284. The summed E-state index contributed by atoms with van der Waals surface area (Å²) in [4.78, 5) is 0. The van der Waals surface area contributed by atoms with E-state index in [-0.39, 0.29) is 12.8 Å². The molecule has 122 valence electrons. The van der Waals surface area contributed by atoms with E-state index < -0.39 is 62.2 Å². The normalized spacial score (nSPS) is 15.3. The van der Waals surface area contributed by atoms with E-state index in [4.69, 9.17) is 0 Å². The topological polar surface area (TPSA) is 0 Å². The number of hydrogen-bond donors (Lipinski definition) is 0. The van der Waals surface area contributed by atoms with Crippen molar-refractivity contribution in [3.63, 3.8) is 0 Å². The first-order chi connectivity index (χ1) is 9.38. The summed E-state index contributed by atoms with van der Waals surface area (Å²) < 4.78 is 95.2. The van der Waals surface area contributed by atoms with Crippen molar-refractivity contribution in [2.75, 3.05) is 0 Å².